The fourth-order valence-electron chi connectivity index (χ4n) is 3.24. The lowest BCUT2D eigenvalue weighted by Gasteiger charge is -2.34. The number of non-ortho nitro benzene ring substituents is 1. The van der Waals surface area contributed by atoms with Crippen LogP contribution in [0.4, 0.5) is 5.69 Å². The van der Waals surface area contributed by atoms with Gasteiger partial charge in [0.2, 0.25) is 10.0 Å². The van der Waals surface area contributed by atoms with Gasteiger partial charge in [0.05, 0.1) is 27.7 Å². The molecule has 0 unspecified atom stereocenters. The van der Waals surface area contributed by atoms with Crippen LogP contribution in [0.25, 0.3) is 0 Å². The Morgan fingerprint density at radius 1 is 1.19 bits per heavy atom. The maximum Gasteiger partial charge on any atom is 0.338 e. The van der Waals surface area contributed by atoms with Crippen LogP contribution in [-0.2, 0) is 26.1 Å². The lowest BCUT2D eigenvalue weighted by Crippen LogP contribution is -2.48. The number of hydrogen-bond acceptors (Lipinski definition) is 7. The second-order valence-electron chi connectivity index (χ2n) is 7.22. The molecular weight excluding hydrogens is 448 g/mol. The van der Waals surface area contributed by atoms with Crippen LogP contribution >= 0.6 is 11.6 Å². The second kappa shape index (κ2) is 9.31. The molecule has 2 aromatic carbocycles. The molecule has 1 saturated heterocycles. The molecule has 9 nitrogen and oxygen atoms in total. The minimum atomic E-state index is -3.94. The van der Waals surface area contributed by atoms with Crippen molar-refractivity contribution in [3.05, 3.63) is 68.7 Å². The van der Waals surface area contributed by atoms with Gasteiger partial charge in [-0.05, 0) is 49.7 Å². The summed E-state index contributed by atoms with van der Waals surface area (Å²) in [4.78, 5) is 22.5. The summed E-state index contributed by atoms with van der Waals surface area (Å²) < 4.78 is 38.3. The van der Waals surface area contributed by atoms with Gasteiger partial charge in [0.25, 0.3) is 5.69 Å². The van der Waals surface area contributed by atoms with Gasteiger partial charge < -0.3 is 9.47 Å². The zero-order valence-corrected chi connectivity index (χ0v) is 18.4. The molecule has 0 N–H and O–H groups in total. The van der Waals surface area contributed by atoms with Crippen LogP contribution in [-0.4, -0.2) is 48.9 Å². The number of nitrogens with zero attached hydrogens (tertiary/aromatic N) is 2. The van der Waals surface area contributed by atoms with Crippen LogP contribution in [0.15, 0.2) is 47.4 Å². The smallest absolute Gasteiger partial charge is 0.338 e. The predicted octanol–water partition coefficient (Wildman–Crippen LogP) is 3.40. The maximum absolute atomic E-state index is 13.1. The average Bonchev–Trinajstić information content (AvgIpc) is 2.71. The van der Waals surface area contributed by atoms with Gasteiger partial charge in [0.1, 0.15) is 11.5 Å². The van der Waals surface area contributed by atoms with Crippen molar-refractivity contribution < 1.29 is 27.6 Å². The molecule has 3 rings (SSSR count). The highest BCUT2D eigenvalue weighted by molar-refractivity contribution is 7.89. The Hall–Kier alpha value is -2.53. The number of hydrogen-bond donors (Lipinski definition) is 0. The molecule has 0 amide bonds. The number of nitro benzene ring substituents is 1. The summed E-state index contributed by atoms with van der Waals surface area (Å²) in [6.45, 7) is 3.80. The lowest BCUT2D eigenvalue weighted by atomic mass is 10.2. The van der Waals surface area contributed by atoms with Gasteiger partial charge >= 0.3 is 5.97 Å². The summed E-state index contributed by atoms with van der Waals surface area (Å²) in [6.07, 6.45) is -0.542. The normalized spacial score (nSPS) is 19.7. The molecule has 166 valence electrons. The van der Waals surface area contributed by atoms with Crippen molar-refractivity contribution in [1.82, 2.24) is 4.31 Å². The Morgan fingerprint density at radius 3 is 2.39 bits per heavy atom. The monoisotopic (exact) mass is 468 g/mol. The molecular formula is C20H21ClN2O7S. The van der Waals surface area contributed by atoms with Gasteiger partial charge in [-0.3, -0.25) is 10.1 Å². The lowest BCUT2D eigenvalue weighted by molar-refractivity contribution is -0.384. The third-order valence-electron chi connectivity index (χ3n) is 4.69. The molecule has 11 heteroatoms. The fraction of sp³-hybridized carbons (Fsp3) is 0.350. The van der Waals surface area contributed by atoms with Gasteiger partial charge in [-0.15, -0.1) is 0 Å². The van der Waals surface area contributed by atoms with Gasteiger partial charge in [0.15, 0.2) is 0 Å². The van der Waals surface area contributed by atoms with E-state index in [9.17, 15) is 23.3 Å². The number of carbonyl (C=O) groups is 1. The number of esters is 1. The Bertz CT molecular complexity index is 1080. The van der Waals surface area contributed by atoms with E-state index in [2.05, 4.69) is 0 Å². The first-order valence-electron chi connectivity index (χ1n) is 9.43. The van der Waals surface area contributed by atoms with Crippen molar-refractivity contribution >= 4 is 33.3 Å². The van der Waals surface area contributed by atoms with Gasteiger partial charge in [0, 0.05) is 25.2 Å². The van der Waals surface area contributed by atoms with E-state index in [1.165, 1.54) is 46.8 Å². The van der Waals surface area contributed by atoms with E-state index in [-0.39, 0.29) is 53.1 Å². The van der Waals surface area contributed by atoms with E-state index < -0.39 is 20.9 Å². The van der Waals surface area contributed by atoms with Crippen LogP contribution in [0.2, 0.25) is 5.02 Å². The Kier molecular flexibility index (Phi) is 6.95. The van der Waals surface area contributed by atoms with E-state index in [4.69, 9.17) is 21.1 Å². The molecule has 2 aromatic rings. The van der Waals surface area contributed by atoms with Crippen LogP contribution < -0.4 is 0 Å². The molecule has 0 aliphatic carbocycles. The third kappa shape index (κ3) is 5.40. The highest BCUT2D eigenvalue weighted by atomic mass is 35.5. The minimum absolute atomic E-state index is 0.00119. The first-order chi connectivity index (χ1) is 14.6. The Balaban J connectivity index is 1.76. The largest absolute Gasteiger partial charge is 0.457 e. The highest BCUT2D eigenvalue weighted by Crippen LogP contribution is 2.28. The maximum atomic E-state index is 13.1. The number of halogens is 1. The van der Waals surface area contributed by atoms with Crippen molar-refractivity contribution in [2.75, 3.05) is 13.1 Å². The van der Waals surface area contributed by atoms with Crippen LogP contribution in [0.1, 0.15) is 29.8 Å². The first kappa shape index (κ1) is 23.1. The molecule has 1 aliphatic rings. The topological polar surface area (TPSA) is 116 Å². The van der Waals surface area contributed by atoms with E-state index in [1.807, 2.05) is 0 Å². The van der Waals surface area contributed by atoms with Crippen molar-refractivity contribution in [3.63, 3.8) is 0 Å². The van der Waals surface area contributed by atoms with E-state index in [0.29, 0.717) is 5.56 Å². The summed E-state index contributed by atoms with van der Waals surface area (Å²) in [7, 11) is -3.94. The van der Waals surface area contributed by atoms with Gasteiger partial charge in [-0.2, -0.15) is 4.31 Å². The summed E-state index contributed by atoms with van der Waals surface area (Å²) >= 11 is 6.15. The molecule has 2 atom stereocenters. The molecule has 0 saturated carbocycles. The molecule has 1 heterocycles. The van der Waals surface area contributed by atoms with Crippen molar-refractivity contribution in [2.24, 2.45) is 0 Å². The first-order valence-corrected chi connectivity index (χ1v) is 11.3. The SMILES string of the molecule is C[C@@H]1CN(S(=O)(=O)c2cc(C(=O)OCc3ccc([N+](=O)[O-])cc3)ccc2Cl)C[C@@H](C)O1. The molecule has 0 radical (unpaired) electrons. The molecule has 31 heavy (non-hydrogen) atoms. The number of rotatable bonds is 6. The molecule has 0 bridgehead atoms. The predicted molar refractivity (Wildman–Crippen MR) is 112 cm³/mol. The summed E-state index contributed by atoms with van der Waals surface area (Å²) in [6, 6.07) is 9.48. The summed E-state index contributed by atoms with van der Waals surface area (Å²) in [5.41, 5.74) is 0.505. The highest BCUT2D eigenvalue weighted by Gasteiger charge is 2.34. The molecule has 1 fully saturated rings. The molecule has 0 aromatic heterocycles. The number of morpholine rings is 1. The molecule has 1 aliphatic heterocycles. The van der Waals surface area contributed by atoms with Crippen molar-refractivity contribution in [3.8, 4) is 0 Å². The van der Waals surface area contributed by atoms with Crippen LogP contribution in [0, 0.1) is 10.1 Å². The summed E-state index contributed by atoms with van der Waals surface area (Å²) in [5, 5.41) is 10.7. The Labute approximate surface area is 184 Å². The van der Waals surface area contributed by atoms with E-state index in [1.54, 1.807) is 13.8 Å². The number of carbonyl (C=O) groups excluding carboxylic acids is 1. The van der Waals surface area contributed by atoms with E-state index >= 15 is 0 Å². The Morgan fingerprint density at radius 2 is 1.81 bits per heavy atom. The average molecular weight is 469 g/mol. The number of ether oxygens (including phenoxy) is 2. The fourth-order valence-corrected chi connectivity index (χ4v) is 5.33. The number of benzene rings is 2. The van der Waals surface area contributed by atoms with E-state index in [0.717, 1.165) is 0 Å². The minimum Gasteiger partial charge on any atom is -0.457 e. The van der Waals surface area contributed by atoms with Crippen molar-refractivity contribution in [1.29, 1.82) is 0 Å². The van der Waals surface area contributed by atoms with Crippen LogP contribution in [0.5, 0.6) is 0 Å². The zero-order valence-electron chi connectivity index (χ0n) is 16.9. The third-order valence-corrected chi connectivity index (χ3v) is 7.00. The van der Waals surface area contributed by atoms with Gasteiger partial charge in [-0.1, -0.05) is 11.6 Å². The molecule has 0 spiro atoms. The van der Waals surface area contributed by atoms with Crippen molar-refractivity contribution in [2.45, 2.75) is 37.6 Å². The quantitative estimate of drug-likeness (QED) is 0.362. The summed E-state index contributed by atoms with van der Waals surface area (Å²) in [5.74, 6) is -0.741. The number of nitro groups is 1. The standard InChI is InChI=1S/C20H21ClN2O7S/c1-13-10-22(11-14(2)30-13)31(27,28)19-9-16(5-8-18(19)21)20(24)29-12-15-3-6-17(7-4-15)23(25)26/h3-9,13-14H,10-12H2,1-2H3/t13-,14-/m1/s1. The van der Waals surface area contributed by atoms with Crippen LogP contribution in [0.3, 0.4) is 0 Å². The number of sulfonamides is 1. The zero-order chi connectivity index (χ0) is 22.8. The van der Waals surface area contributed by atoms with Gasteiger partial charge in [-0.25, -0.2) is 13.2 Å². The second-order valence-corrected chi connectivity index (χ2v) is 9.54.